The van der Waals surface area contributed by atoms with Crippen molar-refractivity contribution in [2.75, 3.05) is 0 Å². The Bertz CT molecular complexity index is 533. The van der Waals surface area contributed by atoms with Crippen LogP contribution in [0.1, 0.15) is 57.8 Å². The number of fused-ring (bicyclic) bond motifs is 2. The number of carbonyl (C=O) groups is 1. The molecule has 0 unspecified atom stereocenters. The van der Waals surface area contributed by atoms with Gasteiger partial charge in [0.05, 0.1) is 0 Å². The molecule has 94 valence electrons. The molecule has 0 saturated heterocycles. The number of hydrogen-bond acceptors (Lipinski definition) is 1. The summed E-state index contributed by atoms with van der Waals surface area (Å²) in [5.74, 6) is 0.217. The smallest absolute Gasteiger partial charge is 0.224 e. The lowest BCUT2D eigenvalue weighted by Crippen LogP contribution is -2.31. The highest BCUT2D eigenvalue weighted by molar-refractivity contribution is 5.80. The second-order valence-electron chi connectivity index (χ2n) is 5.90. The lowest BCUT2D eigenvalue weighted by Gasteiger charge is -2.33. The van der Waals surface area contributed by atoms with Gasteiger partial charge < -0.3 is 5.32 Å². The molecular formula is C16H19NO. The van der Waals surface area contributed by atoms with Gasteiger partial charge in [-0.1, -0.05) is 5.57 Å². The van der Waals surface area contributed by atoms with Crippen molar-refractivity contribution in [2.45, 2.75) is 57.8 Å². The fraction of sp³-hybridized carbons (Fsp3) is 0.562. The number of carbonyl (C=O) groups excluding carboxylic acids is 1. The first-order chi connectivity index (χ1) is 8.83. The van der Waals surface area contributed by atoms with Crippen LogP contribution in [0.4, 0.5) is 0 Å². The highest BCUT2D eigenvalue weighted by Gasteiger charge is 2.32. The van der Waals surface area contributed by atoms with E-state index >= 15 is 0 Å². The summed E-state index contributed by atoms with van der Waals surface area (Å²) in [5, 5.41) is 3.10. The predicted octanol–water partition coefficient (Wildman–Crippen LogP) is 3.52. The normalized spacial score (nSPS) is 27.0. The topological polar surface area (TPSA) is 29.1 Å². The molecule has 2 heteroatoms. The summed E-state index contributed by atoms with van der Waals surface area (Å²) in [6.07, 6.45) is 10.4. The van der Waals surface area contributed by atoms with Crippen molar-refractivity contribution in [2.24, 2.45) is 0 Å². The maximum absolute atomic E-state index is 11.5. The second kappa shape index (κ2) is 3.84. The molecule has 1 N–H and O–H groups in total. The fourth-order valence-corrected chi connectivity index (χ4v) is 4.18. The third kappa shape index (κ3) is 1.44. The number of amides is 1. The molecule has 18 heavy (non-hydrogen) atoms. The van der Waals surface area contributed by atoms with Gasteiger partial charge >= 0.3 is 0 Å². The van der Waals surface area contributed by atoms with Gasteiger partial charge in [0.2, 0.25) is 5.91 Å². The van der Waals surface area contributed by atoms with Crippen molar-refractivity contribution in [3.05, 3.63) is 33.6 Å². The third-order valence-electron chi connectivity index (χ3n) is 4.98. The average Bonchev–Trinajstić information content (AvgIpc) is 2.86. The Kier molecular flexibility index (Phi) is 2.26. The molecular weight excluding hydrogens is 222 g/mol. The first kappa shape index (κ1) is 10.6. The third-order valence-corrected chi connectivity index (χ3v) is 4.98. The van der Waals surface area contributed by atoms with E-state index in [9.17, 15) is 4.79 Å². The van der Waals surface area contributed by atoms with Crippen LogP contribution < -0.4 is 5.32 Å². The lowest BCUT2D eigenvalue weighted by atomic mass is 9.75. The van der Waals surface area contributed by atoms with Crippen molar-refractivity contribution < 1.29 is 4.79 Å². The van der Waals surface area contributed by atoms with Gasteiger partial charge in [0, 0.05) is 12.1 Å². The molecule has 1 heterocycles. The Morgan fingerprint density at radius 2 is 1.44 bits per heavy atom. The summed E-state index contributed by atoms with van der Waals surface area (Å²) in [4.78, 5) is 11.5. The molecule has 0 bridgehead atoms. The van der Waals surface area contributed by atoms with Crippen LogP contribution in [0.15, 0.2) is 33.6 Å². The molecule has 0 saturated carbocycles. The molecule has 0 aromatic carbocycles. The molecule has 0 fully saturated rings. The van der Waals surface area contributed by atoms with Crippen LogP contribution in [0.3, 0.4) is 0 Å². The summed E-state index contributed by atoms with van der Waals surface area (Å²) >= 11 is 0. The van der Waals surface area contributed by atoms with Crippen LogP contribution in [-0.2, 0) is 4.79 Å². The van der Waals surface area contributed by atoms with E-state index in [2.05, 4.69) is 5.32 Å². The zero-order chi connectivity index (χ0) is 12.1. The van der Waals surface area contributed by atoms with Crippen molar-refractivity contribution >= 4 is 5.91 Å². The second-order valence-corrected chi connectivity index (χ2v) is 5.90. The maximum atomic E-state index is 11.5. The monoisotopic (exact) mass is 241 g/mol. The van der Waals surface area contributed by atoms with Crippen LogP contribution in [-0.4, -0.2) is 5.91 Å². The number of nitrogens with one attached hydrogen (secondary N) is 1. The number of hydrogen-bond donors (Lipinski definition) is 1. The average molecular weight is 241 g/mol. The minimum Gasteiger partial charge on any atom is -0.329 e. The molecule has 4 rings (SSSR count). The zero-order valence-corrected chi connectivity index (χ0v) is 10.8. The Hall–Kier alpha value is -1.31. The van der Waals surface area contributed by atoms with E-state index in [1.807, 2.05) is 0 Å². The first-order valence-corrected chi connectivity index (χ1v) is 7.28. The Morgan fingerprint density at radius 3 is 2.39 bits per heavy atom. The molecule has 0 atom stereocenters. The molecule has 1 aliphatic heterocycles. The van der Waals surface area contributed by atoms with E-state index in [0.717, 1.165) is 19.3 Å². The summed E-state index contributed by atoms with van der Waals surface area (Å²) in [7, 11) is 0. The van der Waals surface area contributed by atoms with E-state index in [1.54, 1.807) is 22.3 Å². The number of allylic oxidation sites excluding steroid dienone is 6. The molecule has 2 nitrogen and oxygen atoms in total. The molecule has 0 spiro atoms. The van der Waals surface area contributed by atoms with Crippen LogP contribution in [0.2, 0.25) is 0 Å². The van der Waals surface area contributed by atoms with Gasteiger partial charge in [-0.25, -0.2) is 0 Å². The minimum atomic E-state index is 0.217. The highest BCUT2D eigenvalue weighted by Crippen LogP contribution is 2.48. The van der Waals surface area contributed by atoms with Gasteiger partial charge in [0.15, 0.2) is 0 Å². The van der Waals surface area contributed by atoms with Crippen LogP contribution in [0.5, 0.6) is 0 Å². The van der Waals surface area contributed by atoms with Gasteiger partial charge in [-0.3, -0.25) is 4.79 Å². The van der Waals surface area contributed by atoms with Crippen molar-refractivity contribution in [3.63, 3.8) is 0 Å². The van der Waals surface area contributed by atoms with Crippen LogP contribution in [0, 0.1) is 0 Å². The van der Waals surface area contributed by atoms with Crippen molar-refractivity contribution in [3.8, 4) is 0 Å². The minimum absolute atomic E-state index is 0.217. The summed E-state index contributed by atoms with van der Waals surface area (Å²) in [5.41, 5.74) is 9.47. The van der Waals surface area contributed by atoms with Crippen molar-refractivity contribution in [1.29, 1.82) is 0 Å². The van der Waals surface area contributed by atoms with E-state index in [-0.39, 0.29) is 5.91 Å². The maximum Gasteiger partial charge on any atom is 0.224 e. The van der Waals surface area contributed by atoms with E-state index in [4.69, 9.17) is 0 Å². The SMILES string of the molecule is O=C1CCC2=C(CCC3=C2CCC2=C3CCC2)N1. The Balaban J connectivity index is 1.79. The highest BCUT2D eigenvalue weighted by atomic mass is 16.1. The van der Waals surface area contributed by atoms with E-state index < -0.39 is 0 Å². The van der Waals surface area contributed by atoms with Gasteiger partial charge in [-0.15, -0.1) is 0 Å². The fourth-order valence-electron chi connectivity index (χ4n) is 4.18. The summed E-state index contributed by atoms with van der Waals surface area (Å²) < 4.78 is 0. The Morgan fingerprint density at radius 1 is 0.667 bits per heavy atom. The number of rotatable bonds is 0. The standard InChI is InChI=1S/C16H19NO/c18-16-9-7-14-13-5-4-10-2-1-3-11(10)12(13)6-8-15(14)17-16/h1-9H2,(H,17,18). The molecule has 1 amide bonds. The van der Waals surface area contributed by atoms with E-state index in [1.165, 1.54) is 43.4 Å². The predicted molar refractivity (Wildman–Crippen MR) is 70.8 cm³/mol. The van der Waals surface area contributed by atoms with Gasteiger partial charge in [-0.05, 0) is 73.7 Å². The molecule has 3 aliphatic carbocycles. The van der Waals surface area contributed by atoms with Gasteiger partial charge in [0.25, 0.3) is 0 Å². The quantitative estimate of drug-likeness (QED) is 0.690. The largest absolute Gasteiger partial charge is 0.329 e. The molecule has 4 aliphatic rings. The molecule has 0 aromatic rings. The molecule has 0 aromatic heterocycles. The summed E-state index contributed by atoms with van der Waals surface area (Å²) in [6, 6.07) is 0. The lowest BCUT2D eigenvalue weighted by molar-refractivity contribution is -0.120. The summed E-state index contributed by atoms with van der Waals surface area (Å²) in [6.45, 7) is 0. The van der Waals surface area contributed by atoms with Crippen LogP contribution >= 0.6 is 0 Å². The van der Waals surface area contributed by atoms with Crippen LogP contribution in [0.25, 0.3) is 0 Å². The van der Waals surface area contributed by atoms with Gasteiger partial charge in [0.1, 0.15) is 0 Å². The first-order valence-electron chi connectivity index (χ1n) is 7.28. The van der Waals surface area contributed by atoms with E-state index in [0.29, 0.717) is 6.42 Å². The zero-order valence-electron chi connectivity index (χ0n) is 10.8. The molecule has 0 radical (unpaired) electrons. The van der Waals surface area contributed by atoms with Gasteiger partial charge in [-0.2, -0.15) is 0 Å². The van der Waals surface area contributed by atoms with Crippen molar-refractivity contribution in [1.82, 2.24) is 5.32 Å². The Labute approximate surface area is 108 Å².